The number of aryl methyl sites for hydroxylation is 2. The second-order valence-corrected chi connectivity index (χ2v) is 4.59. The van der Waals surface area contributed by atoms with E-state index in [9.17, 15) is 4.79 Å². The highest BCUT2D eigenvalue weighted by Gasteiger charge is 2.10. The van der Waals surface area contributed by atoms with E-state index in [-0.39, 0.29) is 0 Å². The number of imidazole rings is 1. The van der Waals surface area contributed by atoms with Crippen LogP contribution in [0.2, 0.25) is 0 Å². The quantitative estimate of drug-likeness (QED) is 0.868. The third-order valence-electron chi connectivity index (χ3n) is 2.24. The SMILES string of the molecule is O=C(O)c1cc(I)cn1CCn1ccnc1. The van der Waals surface area contributed by atoms with Crippen LogP contribution in [0.4, 0.5) is 0 Å². The maximum atomic E-state index is 11.0. The summed E-state index contributed by atoms with van der Waals surface area (Å²) >= 11 is 2.11. The molecule has 2 aromatic heterocycles. The molecule has 2 aromatic rings. The molecule has 0 aliphatic carbocycles. The maximum Gasteiger partial charge on any atom is 0.352 e. The number of carboxylic acids is 1. The van der Waals surface area contributed by atoms with E-state index in [4.69, 9.17) is 5.11 Å². The van der Waals surface area contributed by atoms with Crippen molar-refractivity contribution in [2.24, 2.45) is 0 Å². The molecule has 0 aliphatic rings. The highest BCUT2D eigenvalue weighted by Crippen LogP contribution is 2.11. The summed E-state index contributed by atoms with van der Waals surface area (Å²) in [5, 5.41) is 8.99. The smallest absolute Gasteiger partial charge is 0.352 e. The minimum atomic E-state index is -0.895. The predicted molar refractivity (Wildman–Crippen MR) is 66.3 cm³/mol. The van der Waals surface area contributed by atoms with Crippen molar-refractivity contribution in [1.82, 2.24) is 14.1 Å². The Balaban J connectivity index is 2.12. The second-order valence-electron chi connectivity index (χ2n) is 3.34. The minimum absolute atomic E-state index is 0.324. The van der Waals surface area contributed by atoms with Gasteiger partial charge in [-0.3, -0.25) is 0 Å². The van der Waals surface area contributed by atoms with Gasteiger partial charge in [-0.15, -0.1) is 0 Å². The summed E-state index contributed by atoms with van der Waals surface area (Å²) in [6.45, 7) is 1.34. The largest absolute Gasteiger partial charge is 0.477 e. The molecule has 0 radical (unpaired) electrons. The van der Waals surface area contributed by atoms with Crippen LogP contribution in [0.15, 0.2) is 31.0 Å². The molecule has 2 heterocycles. The summed E-state index contributed by atoms with van der Waals surface area (Å²) in [5.74, 6) is -0.895. The van der Waals surface area contributed by atoms with Crippen molar-refractivity contribution >= 4 is 28.6 Å². The zero-order valence-electron chi connectivity index (χ0n) is 8.38. The fourth-order valence-corrected chi connectivity index (χ4v) is 2.11. The first kappa shape index (κ1) is 11.2. The van der Waals surface area contributed by atoms with Crippen LogP contribution in [0.3, 0.4) is 0 Å². The monoisotopic (exact) mass is 331 g/mol. The molecule has 0 amide bonds. The highest BCUT2D eigenvalue weighted by molar-refractivity contribution is 14.1. The van der Waals surface area contributed by atoms with Crippen molar-refractivity contribution in [3.63, 3.8) is 0 Å². The van der Waals surface area contributed by atoms with Crippen LogP contribution in [-0.4, -0.2) is 25.2 Å². The molecule has 0 aliphatic heterocycles. The van der Waals surface area contributed by atoms with Gasteiger partial charge in [0.25, 0.3) is 0 Å². The van der Waals surface area contributed by atoms with Crippen molar-refractivity contribution < 1.29 is 9.90 Å². The second kappa shape index (κ2) is 4.69. The average molecular weight is 331 g/mol. The van der Waals surface area contributed by atoms with Gasteiger partial charge < -0.3 is 14.2 Å². The van der Waals surface area contributed by atoms with Crippen molar-refractivity contribution in [3.8, 4) is 0 Å². The lowest BCUT2D eigenvalue weighted by atomic mass is 10.4. The zero-order chi connectivity index (χ0) is 11.5. The van der Waals surface area contributed by atoms with E-state index >= 15 is 0 Å². The highest BCUT2D eigenvalue weighted by atomic mass is 127. The fraction of sp³-hybridized carbons (Fsp3) is 0.200. The topological polar surface area (TPSA) is 60.0 Å². The van der Waals surface area contributed by atoms with Gasteiger partial charge in [0.15, 0.2) is 0 Å². The van der Waals surface area contributed by atoms with E-state index in [2.05, 4.69) is 27.6 Å². The summed E-state index contributed by atoms with van der Waals surface area (Å²) in [7, 11) is 0. The van der Waals surface area contributed by atoms with Crippen LogP contribution < -0.4 is 0 Å². The van der Waals surface area contributed by atoms with Crippen molar-refractivity contribution in [2.75, 3.05) is 0 Å². The molecule has 0 bridgehead atoms. The number of rotatable bonds is 4. The van der Waals surface area contributed by atoms with Crippen molar-refractivity contribution in [1.29, 1.82) is 0 Å². The lowest BCUT2D eigenvalue weighted by molar-refractivity contribution is 0.0684. The van der Waals surface area contributed by atoms with E-state index in [0.29, 0.717) is 18.8 Å². The van der Waals surface area contributed by atoms with Crippen LogP contribution in [0.5, 0.6) is 0 Å². The van der Waals surface area contributed by atoms with Crippen LogP contribution in [-0.2, 0) is 13.1 Å². The summed E-state index contributed by atoms with van der Waals surface area (Å²) in [6.07, 6.45) is 7.11. The standard InChI is InChI=1S/C10H10IN3O2/c11-8-5-9(10(15)16)14(6-8)4-3-13-2-1-12-7-13/h1-2,5-7H,3-4H2,(H,15,16). The van der Waals surface area contributed by atoms with E-state index in [1.807, 2.05) is 17.0 Å². The molecule has 2 rings (SSSR count). The van der Waals surface area contributed by atoms with Gasteiger partial charge in [-0.2, -0.15) is 0 Å². The molecule has 0 atom stereocenters. The van der Waals surface area contributed by atoms with Crippen molar-refractivity contribution in [2.45, 2.75) is 13.1 Å². The van der Waals surface area contributed by atoms with E-state index in [0.717, 1.165) is 3.57 Å². The summed E-state index contributed by atoms with van der Waals surface area (Å²) in [5.41, 5.74) is 0.324. The van der Waals surface area contributed by atoms with E-state index < -0.39 is 5.97 Å². The average Bonchev–Trinajstić information content (AvgIpc) is 2.83. The third kappa shape index (κ3) is 2.43. The Morgan fingerprint density at radius 2 is 2.31 bits per heavy atom. The summed E-state index contributed by atoms with van der Waals surface area (Å²) in [4.78, 5) is 14.9. The van der Waals surface area contributed by atoms with Gasteiger partial charge in [0.05, 0.1) is 6.33 Å². The van der Waals surface area contributed by atoms with Crippen LogP contribution in [0.1, 0.15) is 10.5 Å². The Labute approximate surface area is 106 Å². The van der Waals surface area contributed by atoms with Gasteiger partial charge >= 0.3 is 5.97 Å². The third-order valence-corrected chi connectivity index (χ3v) is 2.83. The van der Waals surface area contributed by atoms with Gasteiger partial charge in [0.1, 0.15) is 5.69 Å². The predicted octanol–water partition coefficient (Wildman–Crippen LogP) is 1.69. The van der Waals surface area contributed by atoms with Crippen LogP contribution >= 0.6 is 22.6 Å². The molecule has 1 N–H and O–H groups in total. The normalized spacial score (nSPS) is 10.6. The number of aromatic nitrogens is 3. The molecule has 0 unspecified atom stereocenters. The first-order valence-electron chi connectivity index (χ1n) is 4.71. The minimum Gasteiger partial charge on any atom is -0.477 e. The molecule has 16 heavy (non-hydrogen) atoms. The molecule has 0 saturated heterocycles. The summed E-state index contributed by atoms with van der Waals surface area (Å²) < 4.78 is 4.59. The van der Waals surface area contributed by atoms with Gasteiger partial charge in [-0.1, -0.05) is 0 Å². The lowest BCUT2D eigenvalue weighted by Gasteiger charge is -2.06. The zero-order valence-corrected chi connectivity index (χ0v) is 10.5. The van der Waals surface area contributed by atoms with Gasteiger partial charge in [-0.05, 0) is 28.7 Å². The molecule has 5 nitrogen and oxygen atoms in total. The molecule has 0 saturated carbocycles. The number of carbonyl (C=O) groups is 1. The van der Waals surface area contributed by atoms with Gasteiger partial charge in [0.2, 0.25) is 0 Å². The Bertz CT molecular complexity index is 490. The molecule has 0 aromatic carbocycles. The van der Waals surface area contributed by atoms with E-state index in [1.54, 1.807) is 23.2 Å². The Kier molecular flexibility index (Phi) is 3.28. The first-order valence-corrected chi connectivity index (χ1v) is 5.79. The van der Waals surface area contributed by atoms with Gasteiger partial charge in [-0.25, -0.2) is 9.78 Å². The molecule has 0 spiro atoms. The summed E-state index contributed by atoms with van der Waals surface area (Å²) in [6, 6.07) is 1.66. The van der Waals surface area contributed by atoms with Crippen molar-refractivity contribution in [3.05, 3.63) is 40.2 Å². The Hall–Kier alpha value is -1.31. The fourth-order valence-electron chi connectivity index (χ4n) is 1.48. The molecular formula is C10H10IN3O2. The molecular weight excluding hydrogens is 321 g/mol. The Morgan fingerprint density at radius 1 is 1.50 bits per heavy atom. The molecule has 0 fully saturated rings. The number of halogens is 1. The number of carboxylic acid groups (broad SMARTS) is 1. The number of aromatic carboxylic acids is 1. The molecule has 84 valence electrons. The maximum absolute atomic E-state index is 11.0. The molecule has 6 heteroatoms. The number of hydrogen-bond donors (Lipinski definition) is 1. The lowest BCUT2D eigenvalue weighted by Crippen LogP contribution is -2.11. The van der Waals surface area contributed by atoms with Crippen LogP contribution in [0.25, 0.3) is 0 Å². The Morgan fingerprint density at radius 3 is 2.94 bits per heavy atom. The number of hydrogen-bond acceptors (Lipinski definition) is 2. The van der Waals surface area contributed by atoms with Gasteiger partial charge in [0, 0.05) is 35.3 Å². The number of nitrogens with zero attached hydrogens (tertiary/aromatic N) is 3. The van der Waals surface area contributed by atoms with Crippen LogP contribution in [0, 0.1) is 3.57 Å². The first-order chi connectivity index (χ1) is 7.66. The van der Waals surface area contributed by atoms with E-state index in [1.165, 1.54) is 0 Å².